The van der Waals surface area contributed by atoms with Crippen LogP contribution in [0.3, 0.4) is 0 Å². The third kappa shape index (κ3) is 3.03. The van der Waals surface area contributed by atoms with E-state index in [1.165, 1.54) is 90.1 Å². The average molecular weight is 293 g/mol. The third-order valence-corrected chi connectivity index (χ3v) is 7.03. The Kier molecular flexibility index (Phi) is 4.95. The lowest BCUT2D eigenvalue weighted by molar-refractivity contribution is -0.0585. The molecule has 0 aromatic heterocycles. The Labute approximate surface area is 132 Å². The van der Waals surface area contributed by atoms with E-state index in [-0.39, 0.29) is 0 Å². The van der Waals surface area contributed by atoms with Crippen LogP contribution in [0.4, 0.5) is 0 Å². The van der Waals surface area contributed by atoms with Crippen molar-refractivity contribution in [3.63, 3.8) is 0 Å². The molecule has 1 heterocycles. The topological polar surface area (TPSA) is 15.3 Å². The van der Waals surface area contributed by atoms with E-state index in [1.54, 1.807) is 0 Å². The van der Waals surface area contributed by atoms with Gasteiger partial charge in [0.05, 0.1) is 0 Å². The van der Waals surface area contributed by atoms with E-state index in [1.807, 2.05) is 0 Å². The zero-order valence-corrected chi connectivity index (χ0v) is 14.4. The van der Waals surface area contributed by atoms with Crippen LogP contribution >= 0.6 is 0 Å². The highest BCUT2D eigenvalue weighted by molar-refractivity contribution is 5.07. The van der Waals surface area contributed by atoms with E-state index in [2.05, 4.69) is 24.1 Å². The molecule has 3 rings (SSSR count). The molecule has 2 aliphatic carbocycles. The molecule has 122 valence electrons. The molecule has 0 bridgehead atoms. The molecule has 1 N–H and O–H groups in total. The summed E-state index contributed by atoms with van der Waals surface area (Å²) in [6.45, 7) is 7.33. The summed E-state index contributed by atoms with van der Waals surface area (Å²) in [5, 5.41) is 4.02. The molecule has 1 saturated heterocycles. The smallest absolute Gasteiger partial charge is 0.0337 e. The van der Waals surface area contributed by atoms with E-state index in [9.17, 15) is 0 Å². The lowest BCUT2D eigenvalue weighted by Gasteiger charge is -2.59. The Hall–Kier alpha value is -0.0800. The van der Waals surface area contributed by atoms with Gasteiger partial charge >= 0.3 is 0 Å². The Morgan fingerprint density at radius 2 is 1.52 bits per heavy atom. The summed E-state index contributed by atoms with van der Waals surface area (Å²) in [5.74, 6) is 0. The molecule has 0 aromatic rings. The quantitative estimate of drug-likeness (QED) is 0.824. The normalized spacial score (nSPS) is 30.6. The van der Waals surface area contributed by atoms with Crippen molar-refractivity contribution in [2.75, 3.05) is 13.1 Å². The maximum absolute atomic E-state index is 4.02. The Morgan fingerprint density at radius 3 is 2.14 bits per heavy atom. The van der Waals surface area contributed by atoms with Gasteiger partial charge in [0.15, 0.2) is 0 Å². The van der Waals surface area contributed by atoms with Gasteiger partial charge in [-0.3, -0.25) is 4.90 Å². The molecule has 21 heavy (non-hydrogen) atoms. The molecule has 2 nitrogen and oxygen atoms in total. The van der Waals surface area contributed by atoms with Gasteiger partial charge < -0.3 is 5.32 Å². The van der Waals surface area contributed by atoms with Crippen LogP contribution in [0.15, 0.2) is 0 Å². The summed E-state index contributed by atoms with van der Waals surface area (Å²) >= 11 is 0. The first-order chi connectivity index (χ1) is 10.2. The van der Waals surface area contributed by atoms with E-state index < -0.39 is 0 Å². The molecular weight excluding hydrogens is 256 g/mol. The molecule has 1 spiro atoms. The first kappa shape index (κ1) is 15.8. The van der Waals surface area contributed by atoms with Crippen LogP contribution in [0.1, 0.15) is 90.9 Å². The first-order valence-corrected chi connectivity index (χ1v) is 9.75. The van der Waals surface area contributed by atoms with Crippen molar-refractivity contribution in [3.8, 4) is 0 Å². The Bertz CT molecular complexity index is 322. The molecule has 0 radical (unpaired) electrons. The summed E-state index contributed by atoms with van der Waals surface area (Å²) in [4.78, 5) is 3.04. The van der Waals surface area contributed by atoms with Crippen LogP contribution < -0.4 is 5.32 Å². The van der Waals surface area contributed by atoms with Crippen molar-refractivity contribution in [1.82, 2.24) is 10.2 Å². The summed E-state index contributed by atoms with van der Waals surface area (Å²) in [6.07, 6.45) is 17.2. The van der Waals surface area contributed by atoms with Gasteiger partial charge in [0.25, 0.3) is 0 Å². The van der Waals surface area contributed by atoms with Gasteiger partial charge in [-0.2, -0.15) is 0 Å². The largest absolute Gasteiger partial charge is 0.308 e. The summed E-state index contributed by atoms with van der Waals surface area (Å²) in [7, 11) is 0. The van der Waals surface area contributed by atoms with Crippen molar-refractivity contribution in [3.05, 3.63) is 0 Å². The highest BCUT2D eigenvalue weighted by Crippen LogP contribution is 2.42. The van der Waals surface area contributed by atoms with E-state index in [0.29, 0.717) is 11.1 Å². The van der Waals surface area contributed by atoms with Crippen molar-refractivity contribution >= 4 is 0 Å². The highest BCUT2D eigenvalue weighted by Gasteiger charge is 2.48. The molecule has 0 amide bonds. The lowest BCUT2D eigenvalue weighted by Crippen LogP contribution is -2.72. The van der Waals surface area contributed by atoms with E-state index in [4.69, 9.17) is 0 Å². The highest BCUT2D eigenvalue weighted by atomic mass is 15.3. The van der Waals surface area contributed by atoms with Gasteiger partial charge in [0.1, 0.15) is 0 Å². The van der Waals surface area contributed by atoms with E-state index in [0.717, 1.165) is 6.04 Å². The van der Waals surface area contributed by atoms with Gasteiger partial charge in [0.2, 0.25) is 0 Å². The number of nitrogens with zero attached hydrogens (tertiary/aromatic N) is 1. The predicted octanol–water partition coefficient (Wildman–Crippen LogP) is 4.49. The minimum Gasteiger partial charge on any atom is -0.308 e. The standard InChI is InChI=1S/C19H36N2/c1-3-18(4-2)16-21(17-11-7-5-8-12-17)19(15-20-18)13-9-6-10-14-19/h17,20H,3-16H2,1-2H3. The lowest BCUT2D eigenvalue weighted by atomic mass is 9.73. The van der Waals surface area contributed by atoms with Crippen LogP contribution in [0.5, 0.6) is 0 Å². The maximum atomic E-state index is 4.02. The fourth-order valence-corrected chi connectivity index (χ4v) is 5.31. The zero-order valence-electron chi connectivity index (χ0n) is 14.4. The molecule has 0 unspecified atom stereocenters. The van der Waals surface area contributed by atoms with Crippen LogP contribution in [-0.2, 0) is 0 Å². The molecule has 3 aliphatic rings. The molecule has 2 heteroatoms. The molecule has 3 fully saturated rings. The van der Waals surface area contributed by atoms with Crippen molar-refractivity contribution in [2.45, 2.75) is 108 Å². The number of hydrogen-bond donors (Lipinski definition) is 1. The van der Waals surface area contributed by atoms with Gasteiger partial charge in [-0.25, -0.2) is 0 Å². The number of hydrogen-bond acceptors (Lipinski definition) is 2. The van der Waals surface area contributed by atoms with Crippen LogP contribution in [0.2, 0.25) is 0 Å². The zero-order chi connectivity index (χ0) is 14.8. The number of rotatable bonds is 3. The fraction of sp³-hybridized carbons (Fsp3) is 1.00. The van der Waals surface area contributed by atoms with Gasteiger partial charge in [-0.05, 0) is 38.5 Å². The first-order valence-electron chi connectivity index (χ1n) is 9.75. The monoisotopic (exact) mass is 292 g/mol. The second kappa shape index (κ2) is 6.58. The van der Waals surface area contributed by atoms with Crippen LogP contribution in [0.25, 0.3) is 0 Å². The van der Waals surface area contributed by atoms with Crippen molar-refractivity contribution < 1.29 is 0 Å². The van der Waals surface area contributed by atoms with Crippen LogP contribution in [0, 0.1) is 0 Å². The average Bonchev–Trinajstić information content (AvgIpc) is 2.57. The Morgan fingerprint density at radius 1 is 0.905 bits per heavy atom. The maximum Gasteiger partial charge on any atom is 0.0337 e. The van der Waals surface area contributed by atoms with Gasteiger partial charge in [-0.1, -0.05) is 52.4 Å². The number of nitrogens with one attached hydrogen (secondary N) is 1. The molecule has 1 aliphatic heterocycles. The SMILES string of the molecule is CCC1(CC)CN(C2CCCCC2)C2(CCCCC2)CN1. The second-order valence-corrected chi connectivity index (χ2v) is 8.05. The molecule has 0 atom stereocenters. The molecule has 2 saturated carbocycles. The van der Waals surface area contributed by atoms with E-state index >= 15 is 0 Å². The predicted molar refractivity (Wildman–Crippen MR) is 90.7 cm³/mol. The van der Waals surface area contributed by atoms with Crippen molar-refractivity contribution in [1.29, 1.82) is 0 Å². The minimum absolute atomic E-state index is 0.389. The van der Waals surface area contributed by atoms with Gasteiger partial charge in [0, 0.05) is 30.2 Å². The Balaban J connectivity index is 1.82. The second-order valence-electron chi connectivity index (χ2n) is 8.05. The minimum atomic E-state index is 0.389. The fourth-order valence-electron chi connectivity index (χ4n) is 5.31. The third-order valence-electron chi connectivity index (χ3n) is 7.03. The summed E-state index contributed by atoms with van der Waals surface area (Å²) in [5.41, 5.74) is 0.897. The number of piperazine rings is 1. The molecular formula is C19H36N2. The summed E-state index contributed by atoms with van der Waals surface area (Å²) < 4.78 is 0. The van der Waals surface area contributed by atoms with Crippen molar-refractivity contribution in [2.24, 2.45) is 0 Å². The van der Waals surface area contributed by atoms with Gasteiger partial charge in [-0.15, -0.1) is 0 Å². The summed E-state index contributed by atoms with van der Waals surface area (Å²) in [6, 6.07) is 0.886. The molecule has 0 aromatic carbocycles. The van der Waals surface area contributed by atoms with Crippen LogP contribution in [-0.4, -0.2) is 35.1 Å².